The summed E-state index contributed by atoms with van der Waals surface area (Å²) in [6, 6.07) is 4.14. The number of amides is 3. The molecule has 0 aromatic heterocycles. The first kappa shape index (κ1) is 29.4. The molecule has 9 heteroatoms. The Morgan fingerprint density at radius 3 is 2.58 bits per heavy atom. The van der Waals surface area contributed by atoms with Crippen molar-refractivity contribution in [1.82, 2.24) is 15.5 Å². The second kappa shape index (κ2) is 11.3. The maximum Gasteiger partial charge on any atom is 0.247 e. The van der Waals surface area contributed by atoms with Crippen molar-refractivity contribution in [2.45, 2.75) is 83.4 Å². The summed E-state index contributed by atoms with van der Waals surface area (Å²) in [5.74, 6) is -0.755. The minimum absolute atomic E-state index is 0.117. The number of aryl methyl sites for hydroxylation is 1. The number of likely N-dealkylation sites (N-methyl/N-ethyl adjacent to an activating group) is 1. The Balaban J connectivity index is 2.10. The third-order valence-corrected chi connectivity index (χ3v) is 8.47. The van der Waals surface area contributed by atoms with E-state index < -0.39 is 28.9 Å². The molecule has 1 aliphatic heterocycles. The normalized spacial score (nSPS) is 27.1. The smallest absolute Gasteiger partial charge is 0.247 e. The van der Waals surface area contributed by atoms with Gasteiger partial charge in [-0.15, -0.1) is 0 Å². The van der Waals surface area contributed by atoms with Gasteiger partial charge in [-0.1, -0.05) is 19.9 Å². The summed E-state index contributed by atoms with van der Waals surface area (Å²) in [7, 11) is 1.97. The minimum Gasteiger partial charge on any atom is -0.508 e. The van der Waals surface area contributed by atoms with Gasteiger partial charge in [0.1, 0.15) is 11.8 Å². The van der Waals surface area contributed by atoms with Crippen molar-refractivity contribution in [2.75, 3.05) is 13.6 Å². The van der Waals surface area contributed by atoms with Gasteiger partial charge < -0.3 is 31.5 Å². The predicted molar refractivity (Wildman–Crippen MR) is 146 cm³/mol. The maximum atomic E-state index is 13.0. The molecule has 0 radical (unpaired) electrons. The fraction of sp³-hybridized carbons (Fsp3) is 0.552. The summed E-state index contributed by atoms with van der Waals surface area (Å²) < 4.78 is 0. The van der Waals surface area contributed by atoms with E-state index in [1.165, 1.54) is 0 Å². The molecule has 0 bridgehead atoms. The van der Waals surface area contributed by atoms with Gasteiger partial charge in [-0.05, 0) is 88.0 Å². The Bertz CT molecular complexity index is 1160. The highest BCUT2D eigenvalue weighted by Gasteiger charge is 2.60. The van der Waals surface area contributed by atoms with Gasteiger partial charge in [0.05, 0.1) is 5.60 Å². The van der Waals surface area contributed by atoms with Crippen molar-refractivity contribution in [3.8, 4) is 5.75 Å². The third kappa shape index (κ3) is 5.49. The molecule has 9 nitrogen and oxygen atoms in total. The number of hydrogen-bond donors (Lipinski definition) is 5. The van der Waals surface area contributed by atoms with Crippen molar-refractivity contribution in [3.05, 3.63) is 52.2 Å². The lowest BCUT2D eigenvalue weighted by Crippen LogP contribution is -2.68. The second-order valence-corrected chi connectivity index (χ2v) is 11.4. The van der Waals surface area contributed by atoms with Crippen LogP contribution in [0.4, 0.5) is 0 Å². The molecule has 0 spiro atoms. The zero-order valence-corrected chi connectivity index (χ0v) is 23.3. The summed E-state index contributed by atoms with van der Waals surface area (Å²) in [5.41, 5.74) is 6.86. The molecule has 4 atom stereocenters. The van der Waals surface area contributed by atoms with E-state index in [1.54, 1.807) is 25.1 Å². The van der Waals surface area contributed by atoms with Crippen LogP contribution in [0, 0.1) is 12.8 Å². The van der Waals surface area contributed by atoms with Gasteiger partial charge in [-0.3, -0.25) is 14.4 Å². The third-order valence-electron chi connectivity index (χ3n) is 8.47. The van der Waals surface area contributed by atoms with E-state index in [-0.39, 0.29) is 24.1 Å². The van der Waals surface area contributed by atoms with E-state index in [1.807, 2.05) is 40.8 Å². The number of aromatic hydroxyl groups is 1. The summed E-state index contributed by atoms with van der Waals surface area (Å²) in [6.45, 7) is 10.2. The molecule has 0 saturated carbocycles. The van der Waals surface area contributed by atoms with Crippen LogP contribution in [0.2, 0.25) is 0 Å². The quantitative estimate of drug-likeness (QED) is 0.246. The maximum absolute atomic E-state index is 13.0. The number of fused-ring (bicyclic) bond motifs is 1. The average Bonchev–Trinajstić information content (AvgIpc) is 2.84. The van der Waals surface area contributed by atoms with Crippen LogP contribution in [0.1, 0.15) is 64.5 Å². The lowest BCUT2D eigenvalue weighted by atomic mass is 9.53. The van der Waals surface area contributed by atoms with Gasteiger partial charge in [0, 0.05) is 35.6 Å². The monoisotopic (exact) mass is 526 g/mol. The van der Waals surface area contributed by atoms with Gasteiger partial charge in [0.15, 0.2) is 0 Å². The Morgan fingerprint density at radius 1 is 1.29 bits per heavy atom. The van der Waals surface area contributed by atoms with Crippen LogP contribution in [0.3, 0.4) is 0 Å². The molecule has 3 amide bonds. The van der Waals surface area contributed by atoms with Crippen LogP contribution < -0.4 is 16.4 Å². The van der Waals surface area contributed by atoms with Crippen molar-refractivity contribution >= 4 is 18.2 Å². The first-order valence-corrected chi connectivity index (χ1v) is 13.2. The lowest BCUT2D eigenvalue weighted by Gasteiger charge is -2.60. The molecular weight excluding hydrogens is 484 g/mol. The number of carbonyl (C=O) groups is 3. The molecule has 1 fully saturated rings. The standard InChI is InChI=1S/C29H42N4O5/c1-17(2)11-24(26(30)36)32-27(37)19(4)12-21-14-29(38)20(5)33(6)10-9-28(29,15-25(21)31-16-34)23-13-22(35)8-7-18(23)3/h7-8,12-13,16-17,20,24,35,38H,9-11,14-15H2,1-6H3,(H2,30,36)(H,31,34)(H,32,37)/b19-12+. The van der Waals surface area contributed by atoms with Gasteiger partial charge in [-0.2, -0.15) is 0 Å². The average molecular weight is 527 g/mol. The Kier molecular flexibility index (Phi) is 8.73. The number of likely N-dealkylation sites (tertiary alicyclic amines) is 1. The second-order valence-electron chi connectivity index (χ2n) is 11.4. The number of piperidine rings is 1. The van der Waals surface area contributed by atoms with Crippen molar-refractivity contribution in [3.63, 3.8) is 0 Å². The van der Waals surface area contributed by atoms with Crippen molar-refractivity contribution in [2.24, 2.45) is 11.7 Å². The fourth-order valence-corrected chi connectivity index (χ4v) is 6.17. The van der Waals surface area contributed by atoms with Crippen LogP contribution in [0.5, 0.6) is 5.75 Å². The number of nitrogens with zero attached hydrogens (tertiary/aromatic N) is 1. The molecule has 1 aromatic rings. The number of allylic oxidation sites excluding steroid dienone is 2. The molecule has 2 aliphatic rings. The van der Waals surface area contributed by atoms with E-state index in [4.69, 9.17) is 5.73 Å². The van der Waals surface area contributed by atoms with Gasteiger partial charge in [0.2, 0.25) is 18.2 Å². The number of primary amides is 1. The number of rotatable bonds is 9. The van der Waals surface area contributed by atoms with Crippen molar-refractivity contribution < 1.29 is 24.6 Å². The van der Waals surface area contributed by atoms with Crippen LogP contribution >= 0.6 is 0 Å². The van der Waals surface area contributed by atoms with E-state index >= 15 is 0 Å². The molecule has 1 aromatic carbocycles. The summed E-state index contributed by atoms with van der Waals surface area (Å²) in [6.07, 6.45) is 3.82. The molecule has 38 heavy (non-hydrogen) atoms. The summed E-state index contributed by atoms with van der Waals surface area (Å²) in [5, 5.41) is 28.4. The SMILES string of the molecule is C/C(=C\C1=C(NC=O)CC2(c3cc(O)ccc3C)CCN(C)C(C)C2(O)C1)C(=O)NC(CC(C)C)C(N)=O. The Morgan fingerprint density at radius 2 is 1.97 bits per heavy atom. The summed E-state index contributed by atoms with van der Waals surface area (Å²) >= 11 is 0. The highest BCUT2D eigenvalue weighted by Crippen LogP contribution is 2.56. The number of aliphatic hydroxyl groups is 1. The molecule has 4 unspecified atom stereocenters. The predicted octanol–water partition coefficient (Wildman–Crippen LogP) is 2.15. The van der Waals surface area contributed by atoms with Crippen LogP contribution in [-0.2, 0) is 19.8 Å². The lowest BCUT2D eigenvalue weighted by molar-refractivity contribution is -0.132. The fourth-order valence-electron chi connectivity index (χ4n) is 6.17. The number of phenols is 1. The minimum atomic E-state index is -1.26. The Labute approximate surface area is 225 Å². The first-order chi connectivity index (χ1) is 17.8. The number of benzene rings is 1. The first-order valence-electron chi connectivity index (χ1n) is 13.2. The molecule has 6 N–H and O–H groups in total. The number of phenolic OH excluding ortho intramolecular Hbond substituents is 1. The molecular formula is C29H42N4O5. The largest absolute Gasteiger partial charge is 0.508 e. The zero-order valence-electron chi connectivity index (χ0n) is 23.3. The van der Waals surface area contributed by atoms with E-state index in [0.717, 1.165) is 17.7 Å². The molecule has 1 saturated heterocycles. The zero-order chi connectivity index (χ0) is 28.4. The number of nitrogens with two attached hydrogens (primary N) is 1. The Hall–Kier alpha value is -3.17. The number of hydrogen-bond acceptors (Lipinski definition) is 6. The summed E-state index contributed by atoms with van der Waals surface area (Å²) in [4.78, 5) is 38.7. The molecule has 1 heterocycles. The van der Waals surface area contributed by atoms with E-state index in [0.29, 0.717) is 42.5 Å². The van der Waals surface area contributed by atoms with E-state index in [2.05, 4.69) is 15.5 Å². The number of carbonyl (C=O) groups excluding carboxylic acids is 3. The highest BCUT2D eigenvalue weighted by atomic mass is 16.3. The topological polar surface area (TPSA) is 145 Å². The van der Waals surface area contributed by atoms with Crippen molar-refractivity contribution in [1.29, 1.82) is 0 Å². The van der Waals surface area contributed by atoms with Gasteiger partial charge in [0.25, 0.3) is 0 Å². The molecule has 3 rings (SSSR count). The van der Waals surface area contributed by atoms with Crippen LogP contribution in [0.15, 0.2) is 41.1 Å². The highest BCUT2D eigenvalue weighted by molar-refractivity contribution is 5.96. The molecule has 208 valence electrons. The van der Waals surface area contributed by atoms with Gasteiger partial charge in [-0.25, -0.2) is 0 Å². The van der Waals surface area contributed by atoms with Crippen LogP contribution in [0.25, 0.3) is 0 Å². The molecule has 1 aliphatic carbocycles. The van der Waals surface area contributed by atoms with Crippen LogP contribution in [-0.4, -0.2) is 64.6 Å². The number of nitrogens with one attached hydrogen (secondary N) is 2. The van der Waals surface area contributed by atoms with Gasteiger partial charge >= 0.3 is 0 Å². The van der Waals surface area contributed by atoms with E-state index in [9.17, 15) is 24.6 Å².